The SMILES string of the molecule is CNc1ccc(NC2CCN(C)CC2)cc1. The number of likely N-dealkylation sites (tertiary alicyclic amines) is 1. The lowest BCUT2D eigenvalue weighted by atomic mass is 10.1. The zero-order valence-corrected chi connectivity index (χ0v) is 10.2. The highest BCUT2D eigenvalue weighted by molar-refractivity contribution is 5.53. The second kappa shape index (κ2) is 5.21. The topological polar surface area (TPSA) is 27.3 Å². The largest absolute Gasteiger partial charge is 0.388 e. The number of hydrogen-bond acceptors (Lipinski definition) is 3. The van der Waals surface area contributed by atoms with Crippen molar-refractivity contribution in [3.63, 3.8) is 0 Å². The van der Waals surface area contributed by atoms with Crippen LogP contribution < -0.4 is 10.6 Å². The van der Waals surface area contributed by atoms with Crippen molar-refractivity contribution in [3.05, 3.63) is 24.3 Å². The van der Waals surface area contributed by atoms with E-state index in [-0.39, 0.29) is 0 Å². The number of benzene rings is 1. The lowest BCUT2D eigenvalue weighted by Gasteiger charge is -2.30. The van der Waals surface area contributed by atoms with Crippen molar-refractivity contribution < 1.29 is 0 Å². The van der Waals surface area contributed by atoms with Crippen LogP contribution in [0, 0.1) is 0 Å². The van der Waals surface area contributed by atoms with E-state index in [0.717, 1.165) is 5.69 Å². The van der Waals surface area contributed by atoms with E-state index in [4.69, 9.17) is 0 Å². The molecule has 88 valence electrons. The van der Waals surface area contributed by atoms with Crippen molar-refractivity contribution in [2.75, 3.05) is 37.8 Å². The molecule has 0 unspecified atom stereocenters. The maximum atomic E-state index is 3.60. The van der Waals surface area contributed by atoms with Gasteiger partial charge in [0, 0.05) is 24.5 Å². The van der Waals surface area contributed by atoms with E-state index in [1.54, 1.807) is 0 Å². The van der Waals surface area contributed by atoms with E-state index in [1.807, 2.05) is 7.05 Å². The van der Waals surface area contributed by atoms with Crippen LogP contribution in [0.25, 0.3) is 0 Å². The minimum absolute atomic E-state index is 0.636. The Kier molecular flexibility index (Phi) is 3.67. The van der Waals surface area contributed by atoms with Gasteiger partial charge in [0.25, 0.3) is 0 Å². The maximum absolute atomic E-state index is 3.60. The summed E-state index contributed by atoms with van der Waals surface area (Å²) in [7, 11) is 4.14. The Hall–Kier alpha value is -1.22. The van der Waals surface area contributed by atoms with Crippen LogP contribution in [0.4, 0.5) is 11.4 Å². The Morgan fingerprint density at radius 2 is 1.62 bits per heavy atom. The van der Waals surface area contributed by atoms with Crippen molar-refractivity contribution >= 4 is 11.4 Å². The molecule has 1 saturated heterocycles. The second-order valence-electron chi connectivity index (χ2n) is 4.55. The highest BCUT2D eigenvalue weighted by atomic mass is 15.1. The number of nitrogens with zero attached hydrogens (tertiary/aromatic N) is 1. The summed E-state index contributed by atoms with van der Waals surface area (Å²) in [6.07, 6.45) is 2.48. The summed E-state index contributed by atoms with van der Waals surface area (Å²) >= 11 is 0. The Morgan fingerprint density at radius 3 is 2.19 bits per heavy atom. The number of rotatable bonds is 3. The number of piperidine rings is 1. The van der Waals surface area contributed by atoms with E-state index < -0.39 is 0 Å². The van der Waals surface area contributed by atoms with Gasteiger partial charge in [-0.15, -0.1) is 0 Å². The van der Waals surface area contributed by atoms with E-state index in [2.05, 4.69) is 46.8 Å². The van der Waals surface area contributed by atoms with Gasteiger partial charge in [-0.25, -0.2) is 0 Å². The summed E-state index contributed by atoms with van der Waals surface area (Å²) in [5.74, 6) is 0. The van der Waals surface area contributed by atoms with Gasteiger partial charge in [-0.1, -0.05) is 0 Å². The van der Waals surface area contributed by atoms with Crippen LogP contribution in [0.2, 0.25) is 0 Å². The third-order valence-corrected chi connectivity index (χ3v) is 3.26. The average Bonchev–Trinajstić information content (AvgIpc) is 2.33. The molecule has 0 bridgehead atoms. The highest BCUT2D eigenvalue weighted by Crippen LogP contribution is 2.17. The molecule has 1 aliphatic heterocycles. The average molecular weight is 219 g/mol. The molecule has 3 heteroatoms. The van der Waals surface area contributed by atoms with Gasteiger partial charge in [0.05, 0.1) is 0 Å². The molecule has 0 saturated carbocycles. The van der Waals surface area contributed by atoms with Crippen molar-refractivity contribution in [1.82, 2.24) is 4.90 Å². The summed E-state index contributed by atoms with van der Waals surface area (Å²) in [6, 6.07) is 9.14. The highest BCUT2D eigenvalue weighted by Gasteiger charge is 2.15. The molecule has 0 amide bonds. The Labute approximate surface area is 97.8 Å². The zero-order valence-electron chi connectivity index (χ0n) is 10.2. The first-order chi connectivity index (χ1) is 7.78. The van der Waals surface area contributed by atoms with Gasteiger partial charge in [-0.2, -0.15) is 0 Å². The molecular weight excluding hydrogens is 198 g/mol. The molecule has 1 aliphatic rings. The van der Waals surface area contributed by atoms with E-state index in [9.17, 15) is 0 Å². The molecular formula is C13H21N3. The molecule has 2 rings (SSSR count). The smallest absolute Gasteiger partial charge is 0.0343 e. The lowest BCUT2D eigenvalue weighted by molar-refractivity contribution is 0.264. The summed E-state index contributed by atoms with van der Waals surface area (Å²) < 4.78 is 0. The van der Waals surface area contributed by atoms with Gasteiger partial charge in [0.15, 0.2) is 0 Å². The van der Waals surface area contributed by atoms with E-state index in [1.165, 1.54) is 31.6 Å². The summed E-state index contributed by atoms with van der Waals surface area (Å²) in [6.45, 7) is 2.40. The zero-order chi connectivity index (χ0) is 11.4. The lowest BCUT2D eigenvalue weighted by Crippen LogP contribution is -2.36. The molecule has 16 heavy (non-hydrogen) atoms. The normalized spacial score (nSPS) is 18.4. The first-order valence-corrected chi connectivity index (χ1v) is 6.01. The molecule has 2 N–H and O–H groups in total. The van der Waals surface area contributed by atoms with Crippen molar-refractivity contribution in [3.8, 4) is 0 Å². The van der Waals surface area contributed by atoms with Crippen molar-refractivity contribution in [2.24, 2.45) is 0 Å². The van der Waals surface area contributed by atoms with Crippen LogP contribution in [0.15, 0.2) is 24.3 Å². The minimum Gasteiger partial charge on any atom is -0.388 e. The fourth-order valence-corrected chi connectivity index (χ4v) is 2.12. The fraction of sp³-hybridized carbons (Fsp3) is 0.538. The molecule has 0 radical (unpaired) electrons. The molecule has 1 aromatic rings. The molecule has 1 fully saturated rings. The van der Waals surface area contributed by atoms with E-state index in [0.29, 0.717) is 6.04 Å². The molecule has 0 aromatic heterocycles. The van der Waals surface area contributed by atoms with Gasteiger partial charge in [0.2, 0.25) is 0 Å². The Morgan fingerprint density at radius 1 is 1.06 bits per heavy atom. The predicted octanol–water partition coefficient (Wildman–Crippen LogP) is 2.23. The first-order valence-electron chi connectivity index (χ1n) is 6.01. The maximum Gasteiger partial charge on any atom is 0.0343 e. The van der Waals surface area contributed by atoms with Gasteiger partial charge in [0.1, 0.15) is 0 Å². The molecule has 0 aliphatic carbocycles. The van der Waals surface area contributed by atoms with Gasteiger partial charge in [-0.3, -0.25) is 0 Å². The Balaban J connectivity index is 1.88. The van der Waals surface area contributed by atoms with Crippen LogP contribution in [0.3, 0.4) is 0 Å². The summed E-state index contributed by atoms with van der Waals surface area (Å²) in [5.41, 5.74) is 2.39. The number of anilines is 2. The molecule has 0 spiro atoms. The third-order valence-electron chi connectivity index (χ3n) is 3.26. The second-order valence-corrected chi connectivity index (χ2v) is 4.55. The van der Waals surface area contributed by atoms with Crippen LogP contribution in [0.5, 0.6) is 0 Å². The standard InChI is InChI=1S/C13H21N3/c1-14-11-3-5-12(6-4-11)15-13-7-9-16(2)10-8-13/h3-6,13-15H,7-10H2,1-2H3. The molecule has 0 atom stereocenters. The quantitative estimate of drug-likeness (QED) is 0.816. The third kappa shape index (κ3) is 2.89. The predicted molar refractivity (Wildman–Crippen MR) is 70.1 cm³/mol. The fourth-order valence-electron chi connectivity index (χ4n) is 2.12. The van der Waals surface area contributed by atoms with Crippen molar-refractivity contribution in [1.29, 1.82) is 0 Å². The number of hydrogen-bond donors (Lipinski definition) is 2. The Bertz CT molecular complexity index is 312. The van der Waals surface area contributed by atoms with Crippen LogP contribution in [0.1, 0.15) is 12.8 Å². The molecule has 3 nitrogen and oxygen atoms in total. The van der Waals surface area contributed by atoms with E-state index >= 15 is 0 Å². The molecule has 1 heterocycles. The van der Waals surface area contributed by atoms with Gasteiger partial charge >= 0.3 is 0 Å². The van der Waals surface area contributed by atoms with Crippen LogP contribution in [-0.4, -0.2) is 38.1 Å². The monoisotopic (exact) mass is 219 g/mol. The minimum atomic E-state index is 0.636. The summed E-state index contributed by atoms with van der Waals surface area (Å²) in [4.78, 5) is 2.39. The number of nitrogens with one attached hydrogen (secondary N) is 2. The van der Waals surface area contributed by atoms with Gasteiger partial charge < -0.3 is 15.5 Å². The molecule has 1 aromatic carbocycles. The first kappa shape index (κ1) is 11.3. The summed E-state index contributed by atoms with van der Waals surface area (Å²) in [5, 5.41) is 6.73. The van der Waals surface area contributed by atoms with Gasteiger partial charge in [-0.05, 0) is 57.2 Å². The van der Waals surface area contributed by atoms with Crippen molar-refractivity contribution in [2.45, 2.75) is 18.9 Å². The van der Waals surface area contributed by atoms with Crippen LogP contribution in [-0.2, 0) is 0 Å². The van der Waals surface area contributed by atoms with Crippen LogP contribution >= 0.6 is 0 Å².